The highest BCUT2D eigenvalue weighted by Crippen LogP contribution is 2.22. The van der Waals surface area contributed by atoms with E-state index in [0.29, 0.717) is 6.42 Å². The highest BCUT2D eigenvalue weighted by molar-refractivity contribution is 7.91. The molecular formula is C10H20N2O3S. The fraction of sp³-hybridized carbons (Fsp3) is 0.900. The first kappa shape index (κ1) is 13.4. The maximum Gasteiger partial charge on any atom is 0.229 e. The van der Waals surface area contributed by atoms with Crippen molar-refractivity contribution >= 4 is 15.7 Å². The predicted molar refractivity (Wildman–Crippen MR) is 62.7 cm³/mol. The van der Waals surface area contributed by atoms with Crippen LogP contribution in [0.25, 0.3) is 0 Å². The summed E-state index contributed by atoms with van der Waals surface area (Å²) in [5.74, 6) is 0.172. The molecule has 1 amide bonds. The second-order valence-corrected chi connectivity index (χ2v) is 7.29. The van der Waals surface area contributed by atoms with Crippen LogP contribution in [0.15, 0.2) is 0 Å². The van der Waals surface area contributed by atoms with E-state index in [9.17, 15) is 13.2 Å². The van der Waals surface area contributed by atoms with Crippen LogP contribution in [0.1, 0.15) is 20.3 Å². The van der Waals surface area contributed by atoms with E-state index in [1.807, 2.05) is 0 Å². The molecule has 1 heterocycles. The van der Waals surface area contributed by atoms with Crippen LogP contribution in [0, 0.1) is 5.41 Å². The number of sulfone groups is 1. The van der Waals surface area contributed by atoms with Gasteiger partial charge in [-0.3, -0.25) is 4.79 Å². The Bertz CT molecular complexity index is 376. The molecule has 1 aliphatic rings. The molecule has 0 bridgehead atoms. The van der Waals surface area contributed by atoms with Crippen molar-refractivity contribution in [3.05, 3.63) is 0 Å². The van der Waals surface area contributed by atoms with E-state index in [2.05, 4.69) is 0 Å². The van der Waals surface area contributed by atoms with Gasteiger partial charge in [-0.1, -0.05) is 0 Å². The van der Waals surface area contributed by atoms with Gasteiger partial charge in [0.25, 0.3) is 0 Å². The van der Waals surface area contributed by atoms with Crippen LogP contribution in [0.5, 0.6) is 0 Å². The molecule has 1 rings (SSSR count). The lowest BCUT2D eigenvalue weighted by Crippen LogP contribution is -2.47. The predicted octanol–water partition coefficient (Wildman–Crippen LogP) is -0.383. The summed E-state index contributed by atoms with van der Waals surface area (Å²) < 4.78 is 22.6. The normalized spacial score (nSPS) is 24.4. The first-order valence-electron chi connectivity index (χ1n) is 5.37. The molecule has 1 unspecified atom stereocenters. The Hall–Kier alpha value is -0.620. The number of carbonyl (C=O) groups excluding carboxylic acids is 1. The van der Waals surface area contributed by atoms with Gasteiger partial charge in [0.2, 0.25) is 5.91 Å². The van der Waals surface area contributed by atoms with Crippen molar-refractivity contribution in [2.45, 2.75) is 26.3 Å². The van der Waals surface area contributed by atoms with E-state index in [1.165, 1.54) is 4.90 Å². The Morgan fingerprint density at radius 2 is 2.06 bits per heavy atom. The summed E-state index contributed by atoms with van der Waals surface area (Å²) in [6.45, 7) is 3.81. The van der Waals surface area contributed by atoms with Crippen molar-refractivity contribution in [1.82, 2.24) is 4.90 Å². The summed E-state index contributed by atoms with van der Waals surface area (Å²) in [5, 5.41) is 0. The number of hydrogen-bond acceptors (Lipinski definition) is 4. The fourth-order valence-electron chi connectivity index (χ4n) is 1.81. The summed E-state index contributed by atoms with van der Waals surface area (Å²) in [6, 6.07) is -0.191. The van der Waals surface area contributed by atoms with E-state index >= 15 is 0 Å². The number of nitrogens with zero attached hydrogens (tertiary/aromatic N) is 1. The number of carbonyl (C=O) groups is 1. The molecule has 0 radical (unpaired) electrons. The van der Waals surface area contributed by atoms with Gasteiger partial charge >= 0.3 is 0 Å². The zero-order chi connectivity index (χ0) is 12.6. The van der Waals surface area contributed by atoms with E-state index in [-0.39, 0.29) is 30.0 Å². The largest absolute Gasteiger partial charge is 0.341 e. The molecule has 6 heteroatoms. The lowest BCUT2D eigenvalue weighted by Gasteiger charge is -2.31. The van der Waals surface area contributed by atoms with Gasteiger partial charge < -0.3 is 10.6 Å². The number of rotatable bonds is 3. The maximum absolute atomic E-state index is 12.0. The first-order valence-corrected chi connectivity index (χ1v) is 7.19. The van der Waals surface area contributed by atoms with Crippen molar-refractivity contribution in [2.75, 3.05) is 25.1 Å². The van der Waals surface area contributed by atoms with Crippen LogP contribution in [0.2, 0.25) is 0 Å². The second-order valence-electron chi connectivity index (χ2n) is 5.06. The van der Waals surface area contributed by atoms with Crippen LogP contribution in [0.3, 0.4) is 0 Å². The molecule has 94 valence electrons. The third-order valence-corrected chi connectivity index (χ3v) is 4.92. The molecule has 1 atom stereocenters. The standard InChI is InChI=1S/C10H20N2O3S/c1-10(2,7-11)9(13)12(3)8-4-5-16(14,15)6-8/h8H,4-7,11H2,1-3H3. The molecule has 1 fully saturated rings. The highest BCUT2D eigenvalue weighted by Gasteiger charge is 2.37. The van der Waals surface area contributed by atoms with Gasteiger partial charge in [0.15, 0.2) is 9.84 Å². The average Bonchev–Trinajstić information content (AvgIpc) is 2.56. The van der Waals surface area contributed by atoms with Gasteiger partial charge in [-0.15, -0.1) is 0 Å². The molecule has 1 saturated heterocycles. The SMILES string of the molecule is CN(C(=O)C(C)(C)CN)C1CCS(=O)(=O)C1. The molecule has 0 saturated carbocycles. The molecule has 16 heavy (non-hydrogen) atoms. The minimum Gasteiger partial charge on any atom is -0.341 e. The maximum atomic E-state index is 12.0. The van der Waals surface area contributed by atoms with Gasteiger partial charge in [-0.2, -0.15) is 0 Å². The minimum absolute atomic E-state index is 0.0793. The quantitative estimate of drug-likeness (QED) is 0.738. The lowest BCUT2D eigenvalue weighted by molar-refractivity contribution is -0.140. The zero-order valence-corrected chi connectivity index (χ0v) is 10.9. The lowest BCUT2D eigenvalue weighted by atomic mass is 9.91. The molecule has 0 aliphatic carbocycles. The summed E-state index contributed by atoms with van der Waals surface area (Å²) in [4.78, 5) is 13.6. The Morgan fingerprint density at radius 1 is 1.50 bits per heavy atom. The van der Waals surface area contributed by atoms with Crippen LogP contribution in [-0.4, -0.2) is 50.4 Å². The van der Waals surface area contributed by atoms with Gasteiger partial charge in [-0.05, 0) is 20.3 Å². The second kappa shape index (κ2) is 4.33. The summed E-state index contributed by atoms with van der Waals surface area (Å²) in [6.07, 6.45) is 0.533. The number of hydrogen-bond donors (Lipinski definition) is 1. The van der Waals surface area contributed by atoms with E-state index in [4.69, 9.17) is 5.73 Å². The third kappa shape index (κ3) is 2.74. The number of amides is 1. The van der Waals surface area contributed by atoms with Crippen LogP contribution >= 0.6 is 0 Å². The topological polar surface area (TPSA) is 80.5 Å². The smallest absolute Gasteiger partial charge is 0.229 e. The monoisotopic (exact) mass is 248 g/mol. The molecule has 2 N–H and O–H groups in total. The van der Waals surface area contributed by atoms with Crippen molar-refractivity contribution in [1.29, 1.82) is 0 Å². The molecule has 0 aromatic carbocycles. The minimum atomic E-state index is -2.95. The van der Waals surface area contributed by atoms with Crippen molar-refractivity contribution < 1.29 is 13.2 Å². The van der Waals surface area contributed by atoms with Gasteiger partial charge in [0.1, 0.15) is 0 Å². The van der Waals surface area contributed by atoms with Crippen molar-refractivity contribution in [3.8, 4) is 0 Å². The molecule has 5 nitrogen and oxygen atoms in total. The van der Waals surface area contributed by atoms with Gasteiger partial charge in [-0.25, -0.2) is 8.42 Å². The Labute approximate surface area is 96.9 Å². The average molecular weight is 248 g/mol. The molecule has 1 aliphatic heterocycles. The Morgan fingerprint density at radius 3 is 2.44 bits per heavy atom. The number of nitrogens with two attached hydrogens (primary N) is 1. The zero-order valence-electron chi connectivity index (χ0n) is 10.1. The van der Waals surface area contributed by atoms with Crippen LogP contribution in [0.4, 0.5) is 0 Å². The Balaban J connectivity index is 2.73. The summed E-state index contributed by atoms with van der Waals surface area (Å²) in [7, 11) is -1.29. The van der Waals surface area contributed by atoms with Gasteiger partial charge in [0, 0.05) is 19.6 Å². The van der Waals surface area contributed by atoms with E-state index < -0.39 is 15.3 Å². The molecule has 0 spiro atoms. The summed E-state index contributed by atoms with van der Waals surface area (Å²) >= 11 is 0. The van der Waals surface area contributed by atoms with Crippen molar-refractivity contribution in [3.63, 3.8) is 0 Å². The summed E-state index contributed by atoms with van der Waals surface area (Å²) in [5.41, 5.74) is 4.91. The Kier molecular flexibility index (Phi) is 3.64. The van der Waals surface area contributed by atoms with Crippen LogP contribution < -0.4 is 5.73 Å². The van der Waals surface area contributed by atoms with Gasteiger partial charge in [0.05, 0.1) is 16.9 Å². The molecule has 0 aromatic rings. The highest BCUT2D eigenvalue weighted by atomic mass is 32.2. The first-order chi connectivity index (χ1) is 7.19. The van der Waals surface area contributed by atoms with Crippen LogP contribution in [-0.2, 0) is 14.6 Å². The third-order valence-electron chi connectivity index (χ3n) is 3.17. The van der Waals surface area contributed by atoms with E-state index in [0.717, 1.165) is 0 Å². The fourth-order valence-corrected chi connectivity index (χ4v) is 3.59. The molecular weight excluding hydrogens is 228 g/mol. The molecule has 0 aromatic heterocycles. The van der Waals surface area contributed by atoms with Crippen molar-refractivity contribution in [2.24, 2.45) is 11.1 Å². The van der Waals surface area contributed by atoms with E-state index in [1.54, 1.807) is 20.9 Å².